The Morgan fingerprint density at radius 3 is 2.23 bits per heavy atom. The minimum absolute atomic E-state index is 0.805. The molecule has 3 aliphatic carbocycles. The Morgan fingerprint density at radius 1 is 0.808 bits per heavy atom. The Kier molecular flexibility index (Phi) is 4.89. The summed E-state index contributed by atoms with van der Waals surface area (Å²) in [5.74, 6) is 3.59. The lowest BCUT2D eigenvalue weighted by Gasteiger charge is -2.43. The fraction of sp³-hybridized carbons (Fsp3) is 0.667. The quantitative estimate of drug-likeness (QED) is 0.736. The van der Waals surface area contributed by atoms with Crippen LogP contribution in [-0.2, 0) is 0 Å². The molecular weight excluding hydrogens is 316 g/mol. The van der Waals surface area contributed by atoms with Gasteiger partial charge in [-0.3, -0.25) is 4.90 Å². The van der Waals surface area contributed by atoms with Gasteiger partial charge in [0.2, 0.25) is 0 Å². The standard InChI is InChI=1S/C24H34N2/c1-2-4-20(5-3-1)21-8-10-24(11-9-21)26-14-12-25(13-15-26)18-23-17-19-6-7-22(23)16-19/h1-7,19,21-24H,8-18H2/t19-,21?,22-,23+,24?/m0/s1. The zero-order chi connectivity index (χ0) is 17.3. The molecule has 0 aromatic heterocycles. The van der Waals surface area contributed by atoms with Crippen LogP contribution in [0.3, 0.4) is 0 Å². The van der Waals surface area contributed by atoms with Gasteiger partial charge in [0.1, 0.15) is 0 Å². The van der Waals surface area contributed by atoms with Gasteiger partial charge in [0, 0.05) is 38.8 Å². The third-order valence-electron chi connectivity index (χ3n) is 7.80. The first-order valence-corrected chi connectivity index (χ1v) is 11.0. The van der Waals surface area contributed by atoms with Crippen molar-refractivity contribution < 1.29 is 0 Å². The van der Waals surface area contributed by atoms with Crippen LogP contribution in [0, 0.1) is 17.8 Å². The van der Waals surface area contributed by atoms with Crippen molar-refractivity contribution in [2.24, 2.45) is 17.8 Å². The van der Waals surface area contributed by atoms with E-state index < -0.39 is 0 Å². The van der Waals surface area contributed by atoms with Crippen LogP contribution in [0.4, 0.5) is 0 Å². The van der Waals surface area contributed by atoms with Crippen molar-refractivity contribution in [1.82, 2.24) is 9.80 Å². The van der Waals surface area contributed by atoms with Crippen LogP contribution in [0.2, 0.25) is 0 Å². The summed E-state index contributed by atoms with van der Waals surface area (Å²) in [6.07, 6.45) is 13.5. The maximum Gasteiger partial charge on any atom is 0.0113 e. The largest absolute Gasteiger partial charge is 0.300 e. The molecule has 140 valence electrons. The van der Waals surface area contributed by atoms with Gasteiger partial charge in [-0.25, -0.2) is 0 Å². The van der Waals surface area contributed by atoms with Crippen molar-refractivity contribution in [3.05, 3.63) is 48.0 Å². The molecule has 1 aliphatic heterocycles. The second-order valence-electron chi connectivity index (χ2n) is 9.29. The maximum atomic E-state index is 2.82. The molecule has 0 radical (unpaired) electrons. The molecule has 4 aliphatic rings. The number of nitrogens with zero attached hydrogens (tertiary/aromatic N) is 2. The highest BCUT2D eigenvalue weighted by Crippen LogP contribution is 2.43. The highest BCUT2D eigenvalue weighted by molar-refractivity contribution is 5.20. The number of piperazine rings is 1. The third-order valence-corrected chi connectivity index (χ3v) is 7.80. The van der Waals surface area contributed by atoms with E-state index in [-0.39, 0.29) is 0 Å². The average Bonchev–Trinajstić information content (AvgIpc) is 3.33. The molecule has 0 amide bonds. The van der Waals surface area contributed by atoms with Crippen molar-refractivity contribution in [1.29, 1.82) is 0 Å². The summed E-state index contributed by atoms with van der Waals surface area (Å²) in [6.45, 7) is 6.57. The topological polar surface area (TPSA) is 6.48 Å². The molecule has 0 N–H and O–H groups in total. The molecule has 1 heterocycles. The summed E-state index contributed by atoms with van der Waals surface area (Å²) in [6, 6.07) is 12.0. The van der Waals surface area contributed by atoms with Crippen LogP contribution in [0.1, 0.15) is 50.0 Å². The average molecular weight is 351 g/mol. The summed E-state index contributed by atoms with van der Waals surface area (Å²) in [5, 5.41) is 0. The molecule has 3 fully saturated rings. The Balaban J connectivity index is 1.07. The van der Waals surface area contributed by atoms with Crippen LogP contribution in [-0.4, -0.2) is 48.6 Å². The highest BCUT2D eigenvalue weighted by atomic mass is 15.3. The van der Waals surface area contributed by atoms with Gasteiger partial charge in [-0.1, -0.05) is 42.5 Å². The van der Waals surface area contributed by atoms with Crippen molar-refractivity contribution in [3.8, 4) is 0 Å². The Morgan fingerprint density at radius 2 is 1.58 bits per heavy atom. The van der Waals surface area contributed by atoms with Gasteiger partial charge >= 0.3 is 0 Å². The summed E-state index contributed by atoms with van der Waals surface area (Å²) in [7, 11) is 0. The smallest absolute Gasteiger partial charge is 0.0113 e. The first kappa shape index (κ1) is 17.0. The van der Waals surface area contributed by atoms with Crippen molar-refractivity contribution in [2.45, 2.75) is 50.5 Å². The van der Waals surface area contributed by atoms with Crippen LogP contribution in [0.15, 0.2) is 42.5 Å². The van der Waals surface area contributed by atoms with E-state index in [0.717, 1.165) is 29.7 Å². The van der Waals surface area contributed by atoms with Gasteiger partial charge in [-0.2, -0.15) is 0 Å². The number of allylic oxidation sites excluding steroid dienone is 2. The lowest BCUT2D eigenvalue weighted by atomic mass is 9.81. The van der Waals surface area contributed by atoms with E-state index in [1.165, 1.54) is 71.2 Å². The summed E-state index contributed by atoms with van der Waals surface area (Å²) < 4.78 is 0. The molecule has 0 spiro atoms. The molecule has 26 heavy (non-hydrogen) atoms. The minimum atomic E-state index is 0.805. The number of rotatable bonds is 4. The summed E-state index contributed by atoms with van der Waals surface area (Å²) >= 11 is 0. The predicted molar refractivity (Wildman–Crippen MR) is 108 cm³/mol. The van der Waals surface area contributed by atoms with Crippen molar-refractivity contribution in [3.63, 3.8) is 0 Å². The second kappa shape index (κ2) is 7.48. The predicted octanol–water partition coefficient (Wildman–Crippen LogP) is 4.54. The second-order valence-corrected chi connectivity index (χ2v) is 9.29. The van der Waals surface area contributed by atoms with Gasteiger partial charge < -0.3 is 4.90 Å². The molecule has 1 aromatic rings. The fourth-order valence-electron chi connectivity index (χ4n) is 6.25. The molecule has 3 atom stereocenters. The number of benzene rings is 1. The van der Waals surface area contributed by atoms with Gasteiger partial charge in [0.15, 0.2) is 0 Å². The summed E-state index contributed by atoms with van der Waals surface area (Å²) in [5.41, 5.74) is 1.57. The molecule has 2 nitrogen and oxygen atoms in total. The molecule has 0 unspecified atom stereocenters. The fourth-order valence-corrected chi connectivity index (χ4v) is 6.25. The molecule has 2 bridgehead atoms. The van der Waals surface area contributed by atoms with E-state index in [1.807, 2.05) is 0 Å². The van der Waals surface area contributed by atoms with E-state index in [4.69, 9.17) is 0 Å². The van der Waals surface area contributed by atoms with Gasteiger partial charge in [-0.05, 0) is 67.8 Å². The van der Waals surface area contributed by atoms with Crippen molar-refractivity contribution in [2.75, 3.05) is 32.7 Å². The molecule has 1 aromatic carbocycles. The normalized spacial score (nSPS) is 38.1. The van der Waals surface area contributed by atoms with E-state index in [1.54, 1.807) is 5.56 Å². The molecule has 1 saturated heterocycles. The third kappa shape index (κ3) is 3.51. The molecular formula is C24H34N2. The van der Waals surface area contributed by atoms with Gasteiger partial charge in [-0.15, -0.1) is 0 Å². The van der Waals surface area contributed by atoms with Gasteiger partial charge in [0.25, 0.3) is 0 Å². The van der Waals surface area contributed by atoms with E-state index in [0.29, 0.717) is 0 Å². The molecule has 5 rings (SSSR count). The van der Waals surface area contributed by atoms with Gasteiger partial charge in [0.05, 0.1) is 0 Å². The minimum Gasteiger partial charge on any atom is -0.300 e. The van der Waals surface area contributed by atoms with Crippen LogP contribution in [0.25, 0.3) is 0 Å². The van der Waals surface area contributed by atoms with Crippen LogP contribution in [0.5, 0.6) is 0 Å². The van der Waals surface area contributed by atoms with Crippen LogP contribution >= 0.6 is 0 Å². The summed E-state index contributed by atoms with van der Waals surface area (Å²) in [4.78, 5) is 5.59. The number of hydrogen-bond donors (Lipinski definition) is 0. The number of fused-ring (bicyclic) bond motifs is 2. The van der Waals surface area contributed by atoms with Crippen molar-refractivity contribution >= 4 is 0 Å². The van der Waals surface area contributed by atoms with Crippen LogP contribution < -0.4 is 0 Å². The molecule has 2 saturated carbocycles. The number of hydrogen-bond acceptors (Lipinski definition) is 2. The van der Waals surface area contributed by atoms with E-state index in [2.05, 4.69) is 52.3 Å². The SMILES string of the molecule is C1=C[C@H]2C[C@H]1C[C@@H]2CN1CCN(C2CCC(c3ccccc3)CC2)CC1. The highest BCUT2D eigenvalue weighted by Gasteiger charge is 2.37. The lowest BCUT2D eigenvalue weighted by molar-refractivity contribution is 0.0661. The zero-order valence-electron chi connectivity index (χ0n) is 16.1. The zero-order valence-corrected chi connectivity index (χ0v) is 16.1. The Labute approximate surface area is 159 Å². The first-order chi connectivity index (χ1) is 12.8. The van der Waals surface area contributed by atoms with E-state index in [9.17, 15) is 0 Å². The lowest BCUT2D eigenvalue weighted by Crippen LogP contribution is -2.52. The van der Waals surface area contributed by atoms with E-state index >= 15 is 0 Å². The monoisotopic (exact) mass is 350 g/mol. The maximum absolute atomic E-state index is 2.82. The molecule has 2 heteroatoms. The Bertz CT molecular complexity index is 608. The first-order valence-electron chi connectivity index (χ1n) is 11.0. The Hall–Kier alpha value is -1.12.